The lowest BCUT2D eigenvalue weighted by Gasteiger charge is -2.40. The minimum Gasteiger partial charge on any atom is -0.394 e. The van der Waals surface area contributed by atoms with E-state index in [0.717, 1.165) is 44.9 Å². The number of carbonyl (C=O) groups excluding carboxylic acids is 8. The Kier molecular flexibility index (Phi) is 53.3. The van der Waals surface area contributed by atoms with E-state index in [4.69, 9.17) is 47.2 Å². The van der Waals surface area contributed by atoms with Crippen molar-refractivity contribution in [1.82, 2.24) is 10.6 Å². The van der Waals surface area contributed by atoms with Crippen molar-refractivity contribution in [1.29, 1.82) is 0 Å². The highest BCUT2D eigenvalue weighted by atomic mass is 31.2. The van der Waals surface area contributed by atoms with Crippen LogP contribution in [0.4, 0.5) is 0 Å². The van der Waals surface area contributed by atoms with Crippen LogP contribution in [-0.4, -0.2) is 275 Å². The second-order valence-corrected chi connectivity index (χ2v) is 33.9. The molecule has 2 amide bonds. The maximum absolute atomic E-state index is 14.2. The van der Waals surface area contributed by atoms with Gasteiger partial charge in [0.05, 0.1) is 84.4 Å². The Morgan fingerprint density at radius 1 is 0.383 bits per heavy atom. The van der Waals surface area contributed by atoms with Gasteiger partial charge in [0, 0.05) is 145 Å². The number of phosphoric acid groups is 1. The molecule has 0 aromatic carbocycles. The maximum Gasteiger partial charge on any atom is 0.469 e. The van der Waals surface area contributed by atoms with E-state index in [2.05, 4.69) is 10.6 Å². The number of ketones is 6. The topological polar surface area (TPSA) is 493 Å². The quantitative estimate of drug-likeness (QED) is 0.0246. The average molecular weight is 1670 g/mol. The second-order valence-electron chi connectivity index (χ2n) is 32.7. The number of rotatable bonds is 69. The van der Waals surface area contributed by atoms with Crippen LogP contribution < -0.4 is 10.6 Å². The molecule has 32 nitrogen and oxygen atoms in total. The van der Waals surface area contributed by atoms with Crippen molar-refractivity contribution in [3.05, 3.63) is 0 Å². The van der Waals surface area contributed by atoms with E-state index in [1.165, 1.54) is 0 Å². The summed E-state index contributed by atoms with van der Waals surface area (Å²) < 4.78 is 68.9. The number of aliphatic hydroxyl groups excluding tert-OH is 9. The second kappa shape index (κ2) is 59.2. The standard InChI is InChI=1S/C82H145N2O30P/c1-56-46-60(52-111-115(102,103)104)66(47-56)67(93)33-18-10-8-6-5-7-9-13-32-65(92)48-82(53-105-43-35-63(90)28-16-11-14-26-61(88)30-19-22-40-108-79-57(2)73(96)76(99)68(49-85)112-79,54-106-44-36-64(91)29-17-12-15-27-62(89)31-20-23-41-109-80-58(3)74(97)77(100)69(50-86)113-80)55-107-45-37-72(95)84-39-25-38-83-71(94)34-21-24-42-110-81-59(4)75(98)78(101)70(51-87)114-81/h56-60,66,68-70,73-81,85-87,96-101H,5-55H2,1-4H3,(H,83,94)(H,84,95)(H2,102,103,104)/t56-,57?,58?,59?,60+,66?,68?,69?,70?,73?,74?,75?,76?,77?,78?,79?,80?,81?,82?/m1/s1. The van der Waals surface area contributed by atoms with Gasteiger partial charge in [-0.25, -0.2) is 4.57 Å². The zero-order valence-electron chi connectivity index (χ0n) is 69.1. The summed E-state index contributed by atoms with van der Waals surface area (Å²) in [5.74, 6) is -2.10. The van der Waals surface area contributed by atoms with Gasteiger partial charge in [0.1, 0.15) is 71.3 Å². The first-order valence-electron chi connectivity index (χ1n) is 42.8. The summed E-state index contributed by atoms with van der Waals surface area (Å²) in [6.07, 6.45) is 6.18. The number of hydrogen-bond acceptors (Lipinski definition) is 28. The molecule has 0 radical (unpaired) electrons. The molecule has 4 fully saturated rings. The van der Waals surface area contributed by atoms with E-state index >= 15 is 0 Å². The van der Waals surface area contributed by atoms with Crippen LogP contribution in [-0.2, 0) is 90.1 Å². The van der Waals surface area contributed by atoms with Crippen molar-refractivity contribution < 1.29 is 146 Å². The summed E-state index contributed by atoms with van der Waals surface area (Å²) in [6.45, 7) is 6.73. The Bertz CT molecular complexity index is 2570. The van der Waals surface area contributed by atoms with Crippen molar-refractivity contribution in [2.75, 3.05) is 99.0 Å². The molecule has 3 saturated heterocycles. The molecule has 13 N–H and O–H groups in total. The van der Waals surface area contributed by atoms with Gasteiger partial charge in [0.2, 0.25) is 11.8 Å². The highest BCUT2D eigenvalue weighted by molar-refractivity contribution is 7.46. The summed E-state index contributed by atoms with van der Waals surface area (Å²) in [5.41, 5.74) is -1.10. The number of phosphoric ester groups is 1. The Morgan fingerprint density at radius 3 is 1.09 bits per heavy atom. The van der Waals surface area contributed by atoms with E-state index in [1.54, 1.807) is 20.8 Å². The van der Waals surface area contributed by atoms with Gasteiger partial charge in [-0.3, -0.25) is 42.9 Å². The fourth-order valence-corrected chi connectivity index (χ4v) is 15.5. The minimum atomic E-state index is -4.64. The molecule has 4 rings (SSSR count). The lowest BCUT2D eigenvalue weighted by atomic mass is 9.83. The molecule has 0 bridgehead atoms. The number of Topliss-reactive ketones (excluding diaryl/α,β-unsaturated/α-hetero) is 6. The molecule has 0 aromatic rings. The number of amides is 2. The fraction of sp³-hybridized carbons (Fsp3) is 0.902. The van der Waals surface area contributed by atoms with Gasteiger partial charge in [-0.05, 0) is 108 Å². The van der Waals surface area contributed by atoms with Crippen LogP contribution in [0.5, 0.6) is 0 Å². The first-order valence-corrected chi connectivity index (χ1v) is 44.3. The van der Waals surface area contributed by atoms with Crippen molar-refractivity contribution >= 4 is 54.3 Å². The molecule has 0 aromatic heterocycles. The number of aliphatic hydroxyl groups is 9. The van der Waals surface area contributed by atoms with Crippen molar-refractivity contribution in [2.24, 2.45) is 40.9 Å². The van der Waals surface area contributed by atoms with Gasteiger partial charge >= 0.3 is 7.82 Å². The van der Waals surface area contributed by atoms with Gasteiger partial charge in [-0.2, -0.15) is 0 Å². The van der Waals surface area contributed by atoms with Crippen LogP contribution in [0.15, 0.2) is 0 Å². The summed E-state index contributed by atoms with van der Waals surface area (Å²) in [4.78, 5) is 123. The Morgan fingerprint density at radius 2 is 0.704 bits per heavy atom. The highest BCUT2D eigenvalue weighted by Crippen LogP contribution is 2.43. The highest BCUT2D eigenvalue weighted by Gasteiger charge is 2.46. The zero-order valence-corrected chi connectivity index (χ0v) is 70.0. The molecule has 1 aliphatic carbocycles. The van der Waals surface area contributed by atoms with Crippen LogP contribution in [0.3, 0.4) is 0 Å². The van der Waals surface area contributed by atoms with Crippen molar-refractivity contribution in [3.63, 3.8) is 0 Å². The van der Waals surface area contributed by atoms with Gasteiger partial charge in [0.25, 0.3) is 0 Å². The molecule has 33 heteroatoms. The molecule has 1 saturated carbocycles. The van der Waals surface area contributed by atoms with Gasteiger partial charge in [0.15, 0.2) is 18.9 Å². The van der Waals surface area contributed by atoms with Crippen LogP contribution in [0, 0.1) is 40.9 Å². The normalized spacial score (nSPS) is 27.0. The van der Waals surface area contributed by atoms with E-state index in [1.807, 2.05) is 6.92 Å². The van der Waals surface area contributed by atoms with E-state index < -0.39 is 125 Å². The third-order valence-corrected chi connectivity index (χ3v) is 23.0. The molecule has 668 valence electrons. The average Bonchev–Trinajstić information content (AvgIpc) is 1.85. The van der Waals surface area contributed by atoms with Gasteiger partial charge < -0.3 is 109 Å². The predicted octanol–water partition coefficient (Wildman–Crippen LogP) is 5.98. The summed E-state index contributed by atoms with van der Waals surface area (Å²) >= 11 is 0. The van der Waals surface area contributed by atoms with Crippen LogP contribution >= 0.6 is 7.82 Å². The monoisotopic (exact) mass is 1670 g/mol. The lowest BCUT2D eigenvalue weighted by Crippen LogP contribution is -2.55. The molecular formula is C82H145N2O30P. The summed E-state index contributed by atoms with van der Waals surface area (Å²) in [5, 5.41) is 95.5. The van der Waals surface area contributed by atoms with E-state index in [-0.39, 0.29) is 188 Å². The van der Waals surface area contributed by atoms with Crippen LogP contribution in [0.1, 0.15) is 259 Å². The molecule has 18 atom stereocenters. The molecular weight excluding hydrogens is 1520 g/mol. The first kappa shape index (κ1) is 104. The number of hydrogen-bond donors (Lipinski definition) is 13. The molecule has 4 aliphatic rings. The Balaban J connectivity index is 1.28. The van der Waals surface area contributed by atoms with E-state index in [9.17, 15) is 98.7 Å². The third kappa shape index (κ3) is 42.6. The first-order chi connectivity index (χ1) is 55.0. The molecule has 16 unspecified atom stereocenters. The molecule has 115 heavy (non-hydrogen) atoms. The number of carbonyl (C=O) groups is 8. The lowest BCUT2D eigenvalue weighted by molar-refractivity contribution is -0.282. The molecule has 3 aliphatic heterocycles. The number of unbranched alkanes of at least 4 members (excludes halogenated alkanes) is 14. The number of nitrogens with one attached hydrogen (secondary N) is 2. The maximum atomic E-state index is 14.2. The van der Waals surface area contributed by atoms with Crippen LogP contribution in [0.2, 0.25) is 0 Å². The Labute approximate surface area is 680 Å². The van der Waals surface area contributed by atoms with E-state index in [0.29, 0.717) is 141 Å². The summed E-state index contributed by atoms with van der Waals surface area (Å²) in [6, 6.07) is 0. The van der Waals surface area contributed by atoms with Crippen molar-refractivity contribution in [2.45, 2.75) is 333 Å². The molecule has 3 heterocycles. The Hall–Kier alpha value is -3.65. The zero-order chi connectivity index (χ0) is 84.6. The predicted molar refractivity (Wildman–Crippen MR) is 420 cm³/mol. The molecule has 0 spiro atoms. The fourth-order valence-electron chi connectivity index (χ4n) is 15.2. The van der Waals surface area contributed by atoms with Gasteiger partial charge in [-0.15, -0.1) is 0 Å². The SMILES string of the molecule is CC1C(OCCCCC(=O)CCCCCC(=O)CCOCC(COCCC(=O)CCCCCC(=O)CCCCOC2OC(CO)C(O)C(O)C2C)(COCCC(=O)NCCCNC(=O)CCCCOC2OC(CO)C(O)C(O)C2C)CC(=O)CCCCCCCCCCC(=O)C2C[C@H](C)C[C@H]2COP(=O)(O)O)OC(CO)C(O)C1O. The third-order valence-electron chi connectivity index (χ3n) is 22.5. The van der Waals surface area contributed by atoms with Crippen molar-refractivity contribution in [3.8, 4) is 0 Å². The van der Waals surface area contributed by atoms with Gasteiger partial charge in [-0.1, -0.05) is 79.1 Å². The minimum absolute atomic E-state index is 0.0264. The number of ether oxygens (including phenoxy) is 9. The van der Waals surface area contributed by atoms with Crippen LogP contribution in [0.25, 0.3) is 0 Å². The smallest absolute Gasteiger partial charge is 0.394 e. The summed E-state index contributed by atoms with van der Waals surface area (Å²) in [7, 11) is -4.64. The largest absolute Gasteiger partial charge is 0.469 e.